The Kier molecular flexibility index (Phi) is 3.94. The average molecular weight is 431 g/mol. The molecule has 1 aromatic carbocycles. The van der Waals surface area contributed by atoms with E-state index >= 15 is 0 Å². The van der Waals surface area contributed by atoms with Gasteiger partial charge in [0.05, 0.1) is 16.6 Å². The zero-order valence-corrected chi connectivity index (χ0v) is 17.6. The Morgan fingerprint density at radius 3 is 2.77 bits per heavy atom. The Labute approximate surface area is 167 Å². The highest BCUT2D eigenvalue weighted by molar-refractivity contribution is 9.10. The van der Waals surface area contributed by atoms with E-state index in [2.05, 4.69) is 65.1 Å². The second-order valence-electron chi connectivity index (χ2n) is 7.93. The van der Waals surface area contributed by atoms with Crippen molar-refractivity contribution in [3.63, 3.8) is 0 Å². The Morgan fingerprint density at radius 1 is 1.23 bits per heavy atom. The summed E-state index contributed by atoms with van der Waals surface area (Å²) >= 11 is 5.48. The molecule has 2 aromatic rings. The second-order valence-corrected chi connectivity index (χ2v) is 10.1. The van der Waals surface area contributed by atoms with Crippen LogP contribution < -0.4 is 4.74 Å². The highest BCUT2D eigenvalue weighted by atomic mass is 79.9. The summed E-state index contributed by atoms with van der Waals surface area (Å²) in [5.41, 5.74) is 2.20. The Bertz CT molecular complexity index is 882. The molecule has 0 radical (unpaired) electrons. The molecule has 1 saturated carbocycles. The van der Waals surface area contributed by atoms with Gasteiger partial charge in [-0.3, -0.25) is 0 Å². The lowest BCUT2D eigenvalue weighted by Gasteiger charge is -2.50. The maximum Gasteiger partial charge on any atom is 0.198 e. The molecule has 136 valence electrons. The summed E-state index contributed by atoms with van der Waals surface area (Å²) in [6, 6.07) is 11.1. The van der Waals surface area contributed by atoms with Crippen LogP contribution in [0, 0.1) is 12.8 Å². The van der Waals surface area contributed by atoms with Crippen molar-refractivity contribution in [2.45, 2.75) is 57.7 Å². The van der Waals surface area contributed by atoms with Gasteiger partial charge in [-0.2, -0.15) is 5.10 Å². The molecule has 5 heteroatoms. The third-order valence-electron chi connectivity index (χ3n) is 6.04. The fourth-order valence-corrected chi connectivity index (χ4v) is 5.77. The van der Waals surface area contributed by atoms with Gasteiger partial charge in [0.1, 0.15) is 5.75 Å². The van der Waals surface area contributed by atoms with E-state index in [0.29, 0.717) is 0 Å². The van der Waals surface area contributed by atoms with E-state index in [1.54, 1.807) is 0 Å². The molecule has 1 aromatic heterocycles. The highest BCUT2D eigenvalue weighted by Crippen LogP contribution is 2.52. The van der Waals surface area contributed by atoms with Gasteiger partial charge in [-0.15, -0.1) is 11.3 Å². The maximum absolute atomic E-state index is 6.67. The summed E-state index contributed by atoms with van der Waals surface area (Å²) < 4.78 is 7.77. The third kappa shape index (κ3) is 2.63. The Morgan fingerprint density at radius 2 is 2.04 bits per heavy atom. The number of fused-ring (bicyclic) bond motifs is 4. The van der Waals surface area contributed by atoms with E-state index in [0.717, 1.165) is 35.4 Å². The van der Waals surface area contributed by atoms with Crippen molar-refractivity contribution in [2.75, 3.05) is 0 Å². The minimum absolute atomic E-state index is 0.272. The number of nitrogens with zero attached hydrogens (tertiary/aromatic N) is 2. The van der Waals surface area contributed by atoms with Crippen molar-refractivity contribution in [2.24, 2.45) is 11.0 Å². The normalized spacial score (nSPS) is 30.0. The van der Waals surface area contributed by atoms with Gasteiger partial charge in [-0.05, 0) is 56.0 Å². The molecule has 0 N–H and O–H groups in total. The molecule has 1 aliphatic carbocycles. The number of rotatable bonds is 1. The minimum atomic E-state index is -0.272. The number of benzene rings is 1. The van der Waals surface area contributed by atoms with Crippen LogP contribution in [0.4, 0.5) is 0 Å². The fourth-order valence-electron chi connectivity index (χ4n) is 4.53. The second kappa shape index (κ2) is 6.10. The van der Waals surface area contributed by atoms with E-state index in [1.807, 2.05) is 11.3 Å². The van der Waals surface area contributed by atoms with Crippen LogP contribution in [0.25, 0.3) is 0 Å². The van der Waals surface area contributed by atoms with Gasteiger partial charge in [-0.1, -0.05) is 22.9 Å². The number of hydrogen-bond donors (Lipinski definition) is 0. The molecule has 2 aliphatic heterocycles. The van der Waals surface area contributed by atoms with Gasteiger partial charge in [0.25, 0.3) is 0 Å². The van der Waals surface area contributed by atoms with E-state index < -0.39 is 0 Å². The van der Waals surface area contributed by atoms with Crippen molar-refractivity contribution in [3.8, 4) is 5.75 Å². The SMILES string of the molecule is Cc1ccc(C2=NN3[C@@H](C2)c2cc(Br)ccc2OC32CCC(C)CC2)s1. The summed E-state index contributed by atoms with van der Waals surface area (Å²) in [4.78, 5) is 2.64. The monoisotopic (exact) mass is 430 g/mol. The van der Waals surface area contributed by atoms with E-state index in [9.17, 15) is 0 Å². The number of thiophene rings is 1. The molecule has 0 amide bonds. The van der Waals surface area contributed by atoms with Gasteiger partial charge in [0.15, 0.2) is 5.72 Å². The first-order chi connectivity index (χ1) is 12.5. The summed E-state index contributed by atoms with van der Waals surface area (Å²) in [6.07, 6.45) is 5.49. The molecule has 0 unspecified atom stereocenters. The summed E-state index contributed by atoms with van der Waals surface area (Å²) in [5, 5.41) is 7.46. The lowest BCUT2D eigenvalue weighted by Crippen LogP contribution is -2.55. The molecular formula is C21H23BrN2OS. The molecule has 0 bridgehead atoms. The van der Waals surface area contributed by atoms with Gasteiger partial charge in [0.2, 0.25) is 0 Å². The van der Waals surface area contributed by atoms with Crippen molar-refractivity contribution in [1.29, 1.82) is 0 Å². The minimum Gasteiger partial charge on any atom is -0.466 e. The number of halogens is 1. The topological polar surface area (TPSA) is 24.8 Å². The van der Waals surface area contributed by atoms with Crippen molar-refractivity contribution in [3.05, 3.63) is 50.1 Å². The van der Waals surface area contributed by atoms with E-state index in [4.69, 9.17) is 9.84 Å². The maximum atomic E-state index is 6.67. The van der Waals surface area contributed by atoms with Crippen LogP contribution in [0.2, 0.25) is 0 Å². The molecule has 0 saturated heterocycles. The molecule has 26 heavy (non-hydrogen) atoms. The molecule has 1 atom stereocenters. The van der Waals surface area contributed by atoms with Crippen molar-refractivity contribution in [1.82, 2.24) is 5.01 Å². The Balaban J connectivity index is 1.59. The zero-order valence-electron chi connectivity index (χ0n) is 15.2. The Hall–Kier alpha value is -1.33. The van der Waals surface area contributed by atoms with Crippen LogP contribution in [0.15, 0.2) is 39.9 Å². The van der Waals surface area contributed by atoms with Crippen LogP contribution in [-0.4, -0.2) is 16.4 Å². The zero-order chi connectivity index (χ0) is 17.9. The predicted molar refractivity (Wildman–Crippen MR) is 110 cm³/mol. The van der Waals surface area contributed by atoms with Crippen molar-refractivity contribution >= 4 is 33.0 Å². The average Bonchev–Trinajstić information content (AvgIpc) is 3.25. The van der Waals surface area contributed by atoms with Gasteiger partial charge < -0.3 is 4.74 Å². The van der Waals surface area contributed by atoms with Gasteiger partial charge >= 0.3 is 0 Å². The van der Waals surface area contributed by atoms with Gasteiger partial charge in [0, 0.05) is 34.2 Å². The van der Waals surface area contributed by atoms with Crippen LogP contribution >= 0.6 is 27.3 Å². The lowest BCUT2D eigenvalue weighted by atomic mass is 9.82. The first-order valence-corrected chi connectivity index (χ1v) is 11.1. The molecule has 1 spiro atoms. The largest absolute Gasteiger partial charge is 0.466 e. The number of hydrazone groups is 1. The fraction of sp³-hybridized carbons (Fsp3) is 0.476. The van der Waals surface area contributed by atoms with Crippen LogP contribution in [0.1, 0.15) is 60.4 Å². The van der Waals surface area contributed by atoms with Gasteiger partial charge in [-0.25, -0.2) is 5.01 Å². The van der Waals surface area contributed by atoms with Crippen LogP contribution in [0.3, 0.4) is 0 Å². The first-order valence-electron chi connectivity index (χ1n) is 9.46. The molecule has 3 heterocycles. The standard InChI is InChI=1S/C21H23BrN2OS/c1-13-7-9-21(10-8-13)24-18(16-11-15(22)4-5-19(16)25-21)12-17(23-24)20-6-3-14(2)26-20/h3-6,11,13,18H,7-10,12H2,1-2H3/t13?,18-,21?/m0/s1. The van der Waals surface area contributed by atoms with E-state index in [1.165, 1.54) is 33.9 Å². The van der Waals surface area contributed by atoms with Crippen LogP contribution in [-0.2, 0) is 0 Å². The molecular weight excluding hydrogens is 408 g/mol. The van der Waals surface area contributed by atoms with E-state index in [-0.39, 0.29) is 11.8 Å². The highest BCUT2D eigenvalue weighted by Gasteiger charge is 2.51. The number of hydrogen-bond acceptors (Lipinski definition) is 4. The smallest absolute Gasteiger partial charge is 0.198 e. The summed E-state index contributed by atoms with van der Waals surface area (Å²) in [7, 11) is 0. The number of ether oxygens (including phenoxy) is 1. The first kappa shape index (κ1) is 16.8. The molecule has 5 rings (SSSR count). The molecule has 1 fully saturated rings. The molecule has 3 aliphatic rings. The summed E-state index contributed by atoms with van der Waals surface area (Å²) in [6.45, 7) is 4.52. The third-order valence-corrected chi connectivity index (χ3v) is 7.58. The quantitative estimate of drug-likeness (QED) is 0.532. The number of aryl methyl sites for hydroxylation is 1. The predicted octanol–water partition coefficient (Wildman–Crippen LogP) is 6.27. The summed E-state index contributed by atoms with van der Waals surface area (Å²) in [5.74, 6) is 1.82. The van der Waals surface area contributed by atoms with Crippen molar-refractivity contribution < 1.29 is 4.74 Å². The lowest BCUT2D eigenvalue weighted by molar-refractivity contribution is -0.145. The molecule has 3 nitrogen and oxygen atoms in total. The van der Waals surface area contributed by atoms with Crippen LogP contribution in [0.5, 0.6) is 5.75 Å².